The van der Waals surface area contributed by atoms with E-state index >= 15 is 0 Å². The zero-order chi connectivity index (χ0) is 19.6. The van der Waals surface area contributed by atoms with Gasteiger partial charge in [0.1, 0.15) is 0 Å². The zero-order valence-corrected chi connectivity index (χ0v) is 16.1. The summed E-state index contributed by atoms with van der Waals surface area (Å²) in [6, 6.07) is 8.87. The molecule has 1 heterocycles. The molecule has 0 radical (unpaired) electrons. The lowest BCUT2D eigenvalue weighted by Gasteiger charge is -2.14. The fourth-order valence-electron chi connectivity index (χ4n) is 2.83. The van der Waals surface area contributed by atoms with Gasteiger partial charge in [0, 0.05) is 0 Å². The minimum Gasteiger partial charge on any atom is -0.462 e. The molecule has 0 fully saturated rings. The maximum Gasteiger partial charge on any atom is 0.338 e. The minimum absolute atomic E-state index is 0.161. The molecule has 7 heteroatoms. The van der Waals surface area contributed by atoms with Crippen molar-refractivity contribution in [2.75, 3.05) is 11.5 Å². The van der Waals surface area contributed by atoms with Crippen LogP contribution in [0.3, 0.4) is 0 Å². The Balaban J connectivity index is 1.84. The molecule has 0 unspecified atom stereocenters. The van der Waals surface area contributed by atoms with Crippen molar-refractivity contribution in [1.82, 2.24) is 0 Å². The van der Waals surface area contributed by atoms with Crippen LogP contribution < -0.4 is 4.90 Å². The Kier molecular flexibility index (Phi) is 5.82. The molecular formula is C20H17Cl2NO4. The number of unbranched alkanes of at least 4 members (excludes halogenated alkanes) is 2. The molecule has 3 rings (SSSR count). The van der Waals surface area contributed by atoms with Crippen molar-refractivity contribution in [1.29, 1.82) is 0 Å². The lowest BCUT2D eigenvalue weighted by Crippen LogP contribution is -2.29. The summed E-state index contributed by atoms with van der Waals surface area (Å²) in [5.41, 5.74) is 0.948. The van der Waals surface area contributed by atoms with Crippen LogP contribution in [0.25, 0.3) is 0 Å². The van der Waals surface area contributed by atoms with Crippen LogP contribution in [0.4, 0.5) is 5.69 Å². The number of carbonyl (C=O) groups excluding carboxylic acids is 3. The van der Waals surface area contributed by atoms with Crippen LogP contribution in [0, 0.1) is 0 Å². The maximum atomic E-state index is 12.8. The third kappa shape index (κ3) is 3.84. The van der Waals surface area contributed by atoms with Crippen molar-refractivity contribution in [3.8, 4) is 0 Å². The van der Waals surface area contributed by atoms with Crippen molar-refractivity contribution >= 4 is 46.7 Å². The molecule has 2 amide bonds. The smallest absolute Gasteiger partial charge is 0.338 e. The predicted octanol–water partition coefficient (Wildman–Crippen LogP) is 5.14. The van der Waals surface area contributed by atoms with E-state index < -0.39 is 17.8 Å². The molecule has 5 nitrogen and oxygen atoms in total. The van der Waals surface area contributed by atoms with Gasteiger partial charge in [-0.05, 0) is 42.8 Å². The van der Waals surface area contributed by atoms with Gasteiger partial charge in [-0.25, -0.2) is 9.69 Å². The number of imide groups is 1. The summed E-state index contributed by atoms with van der Waals surface area (Å²) in [5, 5.41) is 0.562. The second-order valence-electron chi connectivity index (χ2n) is 6.15. The van der Waals surface area contributed by atoms with E-state index in [4.69, 9.17) is 27.9 Å². The molecule has 0 bridgehead atoms. The van der Waals surface area contributed by atoms with E-state index in [1.807, 2.05) is 0 Å². The Morgan fingerprint density at radius 3 is 2.41 bits per heavy atom. The van der Waals surface area contributed by atoms with Gasteiger partial charge in [0.15, 0.2) is 0 Å². The lowest BCUT2D eigenvalue weighted by atomic mass is 10.1. The summed E-state index contributed by atoms with van der Waals surface area (Å²) in [6.07, 6.45) is 2.79. The number of anilines is 1. The monoisotopic (exact) mass is 405 g/mol. The van der Waals surface area contributed by atoms with Gasteiger partial charge in [0.25, 0.3) is 11.8 Å². The number of hydrogen-bond acceptors (Lipinski definition) is 4. The Morgan fingerprint density at radius 1 is 0.963 bits per heavy atom. The summed E-state index contributed by atoms with van der Waals surface area (Å²) in [4.78, 5) is 38.6. The second-order valence-corrected chi connectivity index (χ2v) is 6.96. The standard InChI is InChI=1S/C20H17Cl2NO4/c1-2-3-4-9-27-20(26)12-5-7-14-15(10-12)19(25)23(18(14)24)13-6-8-16(21)17(22)11-13/h5-8,10-11H,2-4,9H2,1H3. The zero-order valence-electron chi connectivity index (χ0n) is 14.6. The van der Waals surface area contributed by atoms with Crippen LogP contribution in [0.1, 0.15) is 57.3 Å². The molecule has 2 aromatic rings. The number of fused-ring (bicyclic) bond motifs is 1. The molecule has 0 atom stereocenters. The highest BCUT2D eigenvalue weighted by Crippen LogP contribution is 2.33. The van der Waals surface area contributed by atoms with Crippen molar-refractivity contribution in [3.05, 3.63) is 63.1 Å². The first-order valence-electron chi connectivity index (χ1n) is 8.59. The molecule has 0 aliphatic carbocycles. The first-order valence-corrected chi connectivity index (χ1v) is 9.34. The van der Waals surface area contributed by atoms with Crippen LogP contribution in [-0.4, -0.2) is 24.4 Å². The molecule has 1 aliphatic heterocycles. The number of carbonyl (C=O) groups is 3. The van der Waals surface area contributed by atoms with Crippen LogP contribution in [0.5, 0.6) is 0 Å². The first kappa shape index (κ1) is 19.4. The van der Waals surface area contributed by atoms with Crippen molar-refractivity contribution in [2.24, 2.45) is 0 Å². The fourth-order valence-corrected chi connectivity index (χ4v) is 3.12. The Labute approximate surface area is 166 Å². The van der Waals surface area contributed by atoms with Crippen LogP contribution >= 0.6 is 23.2 Å². The molecule has 140 valence electrons. The van der Waals surface area contributed by atoms with Crippen LogP contribution in [-0.2, 0) is 4.74 Å². The molecule has 0 saturated carbocycles. The average Bonchev–Trinajstić information content (AvgIpc) is 2.91. The third-order valence-corrected chi connectivity index (χ3v) is 5.00. The Morgan fingerprint density at radius 2 is 1.70 bits per heavy atom. The summed E-state index contributed by atoms with van der Waals surface area (Å²) >= 11 is 11.9. The molecule has 0 N–H and O–H groups in total. The summed E-state index contributed by atoms with van der Waals surface area (Å²) in [5.74, 6) is -1.51. The van der Waals surface area contributed by atoms with Gasteiger partial charge in [-0.15, -0.1) is 0 Å². The molecule has 0 saturated heterocycles. The third-order valence-electron chi connectivity index (χ3n) is 4.26. The van der Waals surface area contributed by atoms with E-state index in [9.17, 15) is 14.4 Å². The van der Waals surface area contributed by atoms with Crippen molar-refractivity contribution in [2.45, 2.75) is 26.2 Å². The highest BCUT2D eigenvalue weighted by atomic mass is 35.5. The quantitative estimate of drug-likeness (QED) is 0.379. The largest absolute Gasteiger partial charge is 0.462 e. The van der Waals surface area contributed by atoms with Gasteiger partial charge in [0.05, 0.1) is 39.0 Å². The van der Waals surface area contributed by atoms with Gasteiger partial charge in [0.2, 0.25) is 0 Å². The molecule has 0 aromatic heterocycles. The van der Waals surface area contributed by atoms with E-state index in [-0.39, 0.29) is 21.7 Å². The van der Waals surface area contributed by atoms with Crippen molar-refractivity contribution < 1.29 is 19.1 Å². The number of hydrogen-bond donors (Lipinski definition) is 0. The molecule has 27 heavy (non-hydrogen) atoms. The highest BCUT2D eigenvalue weighted by Gasteiger charge is 2.37. The highest BCUT2D eigenvalue weighted by molar-refractivity contribution is 6.42. The Hall–Kier alpha value is -2.37. The molecule has 1 aliphatic rings. The van der Waals surface area contributed by atoms with Crippen molar-refractivity contribution in [3.63, 3.8) is 0 Å². The Bertz CT molecular complexity index is 926. The second kappa shape index (κ2) is 8.11. The maximum absolute atomic E-state index is 12.8. The number of amides is 2. The SMILES string of the molecule is CCCCCOC(=O)c1ccc2c(c1)C(=O)N(c1ccc(Cl)c(Cl)c1)C2=O. The van der Waals surface area contributed by atoms with Gasteiger partial charge < -0.3 is 4.74 Å². The summed E-state index contributed by atoms with van der Waals surface area (Å²) in [7, 11) is 0. The van der Waals surface area contributed by atoms with Gasteiger partial charge in [-0.2, -0.15) is 0 Å². The fraction of sp³-hybridized carbons (Fsp3) is 0.250. The number of esters is 1. The predicted molar refractivity (Wildman–Crippen MR) is 104 cm³/mol. The van der Waals surface area contributed by atoms with E-state index in [2.05, 4.69) is 6.92 Å². The number of ether oxygens (including phenoxy) is 1. The van der Waals surface area contributed by atoms with E-state index in [0.29, 0.717) is 17.3 Å². The number of benzene rings is 2. The van der Waals surface area contributed by atoms with Gasteiger partial charge >= 0.3 is 5.97 Å². The first-order chi connectivity index (χ1) is 12.9. The van der Waals surface area contributed by atoms with Crippen LogP contribution in [0.15, 0.2) is 36.4 Å². The molecular weight excluding hydrogens is 389 g/mol. The molecule has 2 aromatic carbocycles. The van der Waals surface area contributed by atoms with E-state index in [0.717, 1.165) is 24.2 Å². The lowest BCUT2D eigenvalue weighted by molar-refractivity contribution is 0.0498. The summed E-state index contributed by atoms with van der Waals surface area (Å²) in [6.45, 7) is 2.39. The van der Waals surface area contributed by atoms with E-state index in [1.165, 1.54) is 30.3 Å². The average molecular weight is 406 g/mol. The normalized spacial score (nSPS) is 13.1. The summed E-state index contributed by atoms with van der Waals surface area (Å²) < 4.78 is 5.21. The number of halogens is 2. The number of nitrogens with zero attached hydrogens (tertiary/aromatic N) is 1. The minimum atomic E-state index is -0.519. The number of rotatable bonds is 6. The van der Waals surface area contributed by atoms with Gasteiger partial charge in [-0.3, -0.25) is 9.59 Å². The van der Waals surface area contributed by atoms with Crippen LogP contribution in [0.2, 0.25) is 10.0 Å². The molecule has 0 spiro atoms. The van der Waals surface area contributed by atoms with E-state index in [1.54, 1.807) is 6.07 Å². The topological polar surface area (TPSA) is 63.7 Å². The van der Waals surface area contributed by atoms with Gasteiger partial charge in [-0.1, -0.05) is 43.0 Å².